The monoisotopic (exact) mass is 563 g/mol. The van der Waals surface area contributed by atoms with Gasteiger partial charge in [0.2, 0.25) is 5.91 Å². The molecule has 2 unspecified atom stereocenters. The highest BCUT2D eigenvalue weighted by Gasteiger charge is 2.30. The van der Waals surface area contributed by atoms with Crippen molar-refractivity contribution in [2.45, 2.75) is 24.9 Å². The lowest BCUT2D eigenvalue weighted by Crippen LogP contribution is -2.31. The van der Waals surface area contributed by atoms with Crippen LogP contribution in [0.4, 0.5) is 28.7 Å². The van der Waals surface area contributed by atoms with Gasteiger partial charge in [0.15, 0.2) is 5.82 Å². The van der Waals surface area contributed by atoms with E-state index in [1.165, 1.54) is 12.4 Å². The van der Waals surface area contributed by atoms with Gasteiger partial charge in [-0.1, -0.05) is 30.3 Å². The van der Waals surface area contributed by atoms with E-state index in [1.54, 1.807) is 12.2 Å². The first-order chi connectivity index (χ1) is 19.4. The second-order valence-electron chi connectivity index (χ2n) is 10.0. The minimum absolute atomic E-state index is 0.000933. The second kappa shape index (κ2) is 12.1. The number of aromatic nitrogens is 2. The Morgan fingerprint density at radius 1 is 1.18 bits per heavy atom. The number of nitrogens with one attached hydrogen (secondary N) is 2. The number of benzene rings is 2. The second-order valence-corrected chi connectivity index (χ2v) is 10.5. The molecule has 11 heteroatoms. The molecule has 0 aliphatic carbocycles. The molecule has 3 aromatic rings. The van der Waals surface area contributed by atoms with Crippen molar-refractivity contribution >= 4 is 46.2 Å². The molecule has 2 saturated heterocycles. The zero-order valence-electron chi connectivity index (χ0n) is 22.9. The average Bonchev–Trinajstić information content (AvgIpc) is 3.65. The molecule has 5 rings (SSSR count). The topological polar surface area (TPSA) is 95.1 Å². The first kappa shape index (κ1) is 27.7. The van der Waals surface area contributed by atoms with E-state index in [-0.39, 0.29) is 11.9 Å². The highest BCUT2D eigenvalue weighted by molar-refractivity contribution is 6.30. The fourth-order valence-corrected chi connectivity index (χ4v) is 5.25. The zero-order valence-corrected chi connectivity index (χ0v) is 23.7. The summed E-state index contributed by atoms with van der Waals surface area (Å²) < 4.78 is 5.77. The number of likely N-dealkylation sites (N-methyl/N-ethyl adjacent to an activating group) is 1. The Hall–Kier alpha value is -3.86. The number of ether oxygens (including phenoxy) is 1. The van der Waals surface area contributed by atoms with Gasteiger partial charge in [0.05, 0.1) is 36.8 Å². The zero-order chi connectivity index (χ0) is 28.2. The fraction of sp³-hybridized carbons (Fsp3) is 0.345. The van der Waals surface area contributed by atoms with E-state index in [1.807, 2.05) is 42.5 Å². The predicted molar refractivity (Wildman–Crippen MR) is 159 cm³/mol. The van der Waals surface area contributed by atoms with Crippen LogP contribution in [-0.4, -0.2) is 67.7 Å². The highest BCUT2D eigenvalue weighted by Crippen LogP contribution is 2.40. The summed E-state index contributed by atoms with van der Waals surface area (Å²) in [5, 5.41) is 8.81. The van der Waals surface area contributed by atoms with Gasteiger partial charge in [-0.15, -0.1) is 0 Å². The van der Waals surface area contributed by atoms with Gasteiger partial charge in [0, 0.05) is 42.7 Å². The summed E-state index contributed by atoms with van der Waals surface area (Å²) in [5.74, 6) is 1.51. The molecule has 0 radical (unpaired) electrons. The smallest absolute Gasteiger partial charge is 0.247 e. The molecule has 0 bridgehead atoms. The van der Waals surface area contributed by atoms with Gasteiger partial charge in [0.25, 0.3) is 0 Å². The van der Waals surface area contributed by atoms with Crippen LogP contribution in [-0.2, 0) is 9.63 Å². The Morgan fingerprint density at radius 3 is 2.67 bits per heavy atom. The van der Waals surface area contributed by atoms with Gasteiger partial charge in [-0.3, -0.25) is 9.63 Å². The quantitative estimate of drug-likeness (QED) is 0.347. The number of hydrogen-bond acceptors (Lipinski definition) is 9. The molecule has 2 aliphatic rings. The molecule has 10 nitrogen and oxygen atoms in total. The van der Waals surface area contributed by atoms with Crippen molar-refractivity contribution in [2.24, 2.45) is 0 Å². The largest absolute Gasteiger partial charge is 0.494 e. The summed E-state index contributed by atoms with van der Waals surface area (Å²) >= 11 is 6.09. The fourth-order valence-electron chi connectivity index (χ4n) is 5.12. The van der Waals surface area contributed by atoms with Crippen LogP contribution in [0.25, 0.3) is 0 Å². The Bertz CT molecular complexity index is 1370. The number of nitrogens with zero attached hydrogens (tertiary/aromatic N) is 5. The SMILES string of the molecule is C=CC(=O)Nc1cc(Nc2cc(N3OCCC3c3ccc(Cl)cc3)ncn2)c(OC)cc1N1CCC(N(C)C)C1. The third-order valence-electron chi connectivity index (χ3n) is 7.30. The van der Waals surface area contributed by atoms with E-state index in [2.05, 4.69) is 51.1 Å². The molecule has 2 atom stereocenters. The van der Waals surface area contributed by atoms with Crippen molar-refractivity contribution in [3.8, 4) is 5.75 Å². The van der Waals surface area contributed by atoms with E-state index in [0.29, 0.717) is 46.4 Å². The predicted octanol–water partition coefficient (Wildman–Crippen LogP) is 5.03. The standard InChI is InChI=1S/C29H34ClN7O3/c1-5-29(38)34-22-14-23(26(39-4)15-25(22)36-12-10-21(17-36)35(2)3)33-27-16-28(32-18-31-27)37-24(11-13-40-37)19-6-8-20(30)9-7-19/h5-9,14-16,18,21,24H,1,10-13,17H2,2-4H3,(H,34,38)(H,31,32,33). The summed E-state index contributed by atoms with van der Waals surface area (Å²) in [6.07, 6.45) is 4.60. The summed E-state index contributed by atoms with van der Waals surface area (Å²) in [6.45, 7) is 5.90. The average molecular weight is 564 g/mol. The Labute approximate surface area is 239 Å². The Balaban J connectivity index is 1.43. The number of hydrogen-bond donors (Lipinski definition) is 2. The number of methoxy groups -OCH3 is 1. The summed E-state index contributed by atoms with van der Waals surface area (Å²) in [6, 6.07) is 13.8. The van der Waals surface area contributed by atoms with Gasteiger partial charge >= 0.3 is 0 Å². The molecule has 1 aromatic heterocycles. The van der Waals surface area contributed by atoms with Gasteiger partial charge in [-0.2, -0.15) is 0 Å². The molecule has 0 spiro atoms. The molecule has 1 amide bonds. The maximum Gasteiger partial charge on any atom is 0.247 e. The van der Waals surface area contributed by atoms with E-state index >= 15 is 0 Å². The van der Waals surface area contributed by atoms with Crippen LogP contribution in [0.2, 0.25) is 5.02 Å². The van der Waals surface area contributed by atoms with Crippen LogP contribution >= 0.6 is 11.6 Å². The lowest BCUT2D eigenvalue weighted by molar-refractivity contribution is -0.111. The van der Waals surface area contributed by atoms with Crippen molar-refractivity contribution in [1.82, 2.24) is 14.9 Å². The van der Waals surface area contributed by atoms with Gasteiger partial charge in [0.1, 0.15) is 17.9 Å². The molecule has 40 heavy (non-hydrogen) atoms. The van der Waals surface area contributed by atoms with Crippen molar-refractivity contribution in [3.63, 3.8) is 0 Å². The lowest BCUT2D eigenvalue weighted by Gasteiger charge is -2.26. The molecule has 2 aliphatic heterocycles. The summed E-state index contributed by atoms with van der Waals surface area (Å²) in [4.78, 5) is 31.7. The highest BCUT2D eigenvalue weighted by atomic mass is 35.5. The van der Waals surface area contributed by atoms with Gasteiger partial charge in [-0.05, 0) is 50.4 Å². The summed E-state index contributed by atoms with van der Waals surface area (Å²) in [5.41, 5.74) is 3.29. The normalized spacial score (nSPS) is 18.7. The van der Waals surface area contributed by atoms with E-state index in [9.17, 15) is 4.79 Å². The first-order valence-corrected chi connectivity index (χ1v) is 13.6. The minimum Gasteiger partial charge on any atom is -0.494 e. The maximum absolute atomic E-state index is 12.3. The van der Waals surface area contributed by atoms with Crippen molar-refractivity contribution < 1.29 is 14.4 Å². The van der Waals surface area contributed by atoms with Crippen molar-refractivity contribution in [2.75, 3.05) is 61.5 Å². The maximum atomic E-state index is 12.3. The molecule has 2 fully saturated rings. The van der Waals surface area contributed by atoms with Crippen LogP contribution < -0.4 is 25.3 Å². The molecule has 2 N–H and O–H groups in total. The molecule has 210 valence electrons. The molecular weight excluding hydrogens is 530 g/mol. The van der Waals surface area contributed by atoms with Crippen LogP contribution in [0.3, 0.4) is 0 Å². The van der Waals surface area contributed by atoms with Crippen molar-refractivity contribution in [3.05, 3.63) is 72.0 Å². The number of carbonyl (C=O) groups excluding carboxylic acids is 1. The van der Waals surface area contributed by atoms with Crippen LogP contribution in [0.5, 0.6) is 5.75 Å². The lowest BCUT2D eigenvalue weighted by atomic mass is 10.0. The Kier molecular flexibility index (Phi) is 8.39. The van der Waals surface area contributed by atoms with Crippen LogP contribution in [0, 0.1) is 0 Å². The number of halogens is 1. The third-order valence-corrected chi connectivity index (χ3v) is 7.55. The molecular formula is C29H34ClN7O3. The van der Waals surface area contributed by atoms with E-state index in [4.69, 9.17) is 21.2 Å². The van der Waals surface area contributed by atoms with Crippen LogP contribution in [0.15, 0.2) is 61.4 Å². The Morgan fingerprint density at radius 2 is 1.98 bits per heavy atom. The number of rotatable bonds is 9. The van der Waals surface area contributed by atoms with Crippen LogP contribution in [0.1, 0.15) is 24.4 Å². The number of carbonyl (C=O) groups is 1. The molecule has 0 saturated carbocycles. The van der Waals surface area contributed by atoms with E-state index < -0.39 is 0 Å². The molecule has 3 heterocycles. The third kappa shape index (κ3) is 5.99. The van der Waals surface area contributed by atoms with Gasteiger partial charge in [-0.25, -0.2) is 15.0 Å². The number of amides is 1. The minimum atomic E-state index is -0.288. The van der Waals surface area contributed by atoms with Crippen molar-refractivity contribution in [1.29, 1.82) is 0 Å². The first-order valence-electron chi connectivity index (χ1n) is 13.2. The molecule has 2 aromatic carbocycles. The summed E-state index contributed by atoms with van der Waals surface area (Å²) in [7, 11) is 5.80. The van der Waals surface area contributed by atoms with Gasteiger partial charge < -0.3 is 25.2 Å². The number of hydroxylamine groups is 1. The van der Waals surface area contributed by atoms with E-state index in [0.717, 1.165) is 37.2 Å². The number of anilines is 5.